The van der Waals surface area contributed by atoms with Crippen molar-refractivity contribution >= 4 is 23.2 Å². The molecule has 3 rings (SSSR count). The predicted molar refractivity (Wildman–Crippen MR) is 116 cm³/mol. The maximum atomic E-state index is 12.3. The van der Waals surface area contributed by atoms with Gasteiger partial charge in [0.1, 0.15) is 24.7 Å². The molecule has 7 nitrogen and oxygen atoms in total. The molecule has 0 radical (unpaired) electrons. The number of anilines is 2. The second-order valence-electron chi connectivity index (χ2n) is 6.35. The first-order valence-electron chi connectivity index (χ1n) is 9.45. The number of carbonyl (C=O) groups excluding carboxylic acids is 2. The molecular formula is C23H23N3O4. The van der Waals surface area contributed by atoms with Gasteiger partial charge in [0.25, 0.3) is 0 Å². The summed E-state index contributed by atoms with van der Waals surface area (Å²) in [5.41, 5.74) is 6.84. The van der Waals surface area contributed by atoms with Gasteiger partial charge < -0.3 is 25.8 Å². The minimum atomic E-state index is -0.523. The first kappa shape index (κ1) is 20.7. The maximum absolute atomic E-state index is 12.3. The van der Waals surface area contributed by atoms with Crippen LogP contribution >= 0.6 is 0 Å². The van der Waals surface area contributed by atoms with E-state index in [2.05, 4.69) is 10.6 Å². The number of para-hydroxylation sites is 3. The molecule has 0 saturated heterocycles. The number of amides is 2. The van der Waals surface area contributed by atoms with Gasteiger partial charge >= 0.3 is 0 Å². The maximum Gasteiger partial charge on any atom is 0.248 e. The van der Waals surface area contributed by atoms with Gasteiger partial charge in [-0.1, -0.05) is 36.4 Å². The Balaban J connectivity index is 1.49. The number of nitrogens with one attached hydrogen (secondary N) is 2. The summed E-state index contributed by atoms with van der Waals surface area (Å²) in [5.74, 6) is 0.550. The quantitative estimate of drug-likeness (QED) is 0.449. The smallest absolute Gasteiger partial charge is 0.248 e. The molecule has 0 bridgehead atoms. The molecule has 0 fully saturated rings. The standard InChI is InChI=1S/C23H23N3O4/c24-23(28)17-7-6-8-18(15-17)25-16-22(27)26-20-11-4-5-12-21(20)30-14-13-29-19-9-2-1-3-10-19/h1-12,15,25H,13-14,16H2,(H2,24,28)(H,26,27). The van der Waals surface area contributed by atoms with Crippen molar-refractivity contribution < 1.29 is 19.1 Å². The Labute approximate surface area is 174 Å². The van der Waals surface area contributed by atoms with E-state index in [0.717, 1.165) is 5.75 Å². The number of ether oxygens (including phenoxy) is 2. The van der Waals surface area contributed by atoms with Crippen molar-refractivity contribution in [1.29, 1.82) is 0 Å². The summed E-state index contributed by atoms with van der Waals surface area (Å²) in [5, 5.41) is 5.79. The predicted octanol–water partition coefficient (Wildman–Crippen LogP) is 3.29. The van der Waals surface area contributed by atoms with E-state index in [1.165, 1.54) is 0 Å². The van der Waals surface area contributed by atoms with Gasteiger partial charge in [0.05, 0.1) is 12.2 Å². The Hall–Kier alpha value is -4.00. The topological polar surface area (TPSA) is 103 Å². The number of rotatable bonds is 10. The Morgan fingerprint density at radius 2 is 1.57 bits per heavy atom. The van der Waals surface area contributed by atoms with Crippen LogP contribution in [0.2, 0.25) is 0 Å². The van der Waals surface area contributed by atoms with Crippen LogP contribution in [0.1, 0.15) is 10.4 Å². The van der Waals surface area contributed by atoms with Crippen LogP contribution in [0.25, 0.3) is 0 Å². The molecule has 0 aromatic heterocycles. The second kappa shape index (κ2) is 10.5. The summed E-state index contributed by atoms with van der Waals surface area (Å²) < 4.78 is 11.4. The van der Waals surface area contributed by atoms with Crippen molar-refractivity contribution in [2.75, 3.05) is 30.4 Å². The molecule has 0 aliphatic rings. The van der Waals surface area contributed by atoms with Crippen molar-refractivity contribution in [3.05, 3.63) is 84.4 Å². The lowest BCUT2D eigenvalue weighted by atomic mass is 10.2. The van der Waals surface area contributed by atoms with Gasteiger partial charge in [0.15, 0.2) is 0 Å². The largest absolute Gasteiger partial charge is 0.490 e. The number of nitrogens with two attached hydrogens (primary N) is 1. The zero-order valence-electron chi connectivity index (χ0n) is 16.3. The summed E-state index contributed by atoms with van der Waals surface area (Å²) >= 11 is 0. The second-order valence-corrected chi connectivity index (χ2v) is 6.35. The molecular weight excluding hydrogens is 382 g/mol. The number of hydrogen-bond acceptors (Lipinski definition) is 5. The zero-order chi connectivity index (χ0) is 21.2. The molecule has 154 valence electrons. The third-order valence-electron chi connectivity index (χ3n) is 4.11. The average molecular weight is 405 g/mol. The molecule has 4 N–H and O–H groups in total. The highest BCUT2D eigenvalue weighted by Gasteiger charge is 2.08. The first-order valence-corrected chi connectivity index (χ1v) is 9.45. The number of carbonyl (C=O) groups is 2. The van der Waals surface area contributed by atoms with E-state index in [0.29, 0.717) is 35.9 Å². The summed E-state index contributed by atoms with van der Waals surface area (Å²) in [6.07, 6.45) is 0. The Bertz CT molecular complexity index is 993. The fourth-order valence-corrected chi connectivity index (χ4v) is 2.68. The fraction of sp³-hybridized carbons (Fsp3) is 0.130. The van der Waals surface area contributed by atoms with Crippen molar-refractivity contribution in [2.24, 2.45) is 5.73 Å². The van der Waals surface area contributed by atoms with Crippen LogP contribution in [-0.2, 0) is 4.79 Å². The van der Waals surface area contributed by atoms with Crippen LogP contribution in [0.15, 0.2) is 78.9 Å². The molecule has 30 heavy (non-hydrogen) atoms. The molecule has 0 atom stereocenters. The molecule has 0 spiro atoms. The highest BCUT2D eigenvalue weighted by Crippen LogP contribution is 2.23. The van der Waals surface area contributed by atoms with Gasteiger partial charge in [-0.25, -0.2) is 0 Å². The minimum absolute atomic E-state index is 0.0215. The van der Waals surface area contributed by atoms with E-state index in [4.69, 9.17) is 15.2 Å². The van der Waals surface area contributed by atoms with Crippen LogP contribution < -0.4 is 25.8 Å². The summed E-state index contributed by atoms with van der Waals surface area (Å²) in [6, 6.07) is 23.3. The highest BCUT2D eigenvalue weighted by atomic mass is 16.5. The van der Waals surface area contributed by atoms with E-state index in [1.54, 1.807) is 36.4 Å². The SMILES string of the molecule is NC(=O)c1cccc(NCC(=O)Nc2ccccc2OCCOc2ccccc2)c1. The Morgan fingerprint density at radius 1 is 0.833 bits per heavy atom. The van der Waals surface area contributed by atoms with Crippen molar-refractivity contribution in [1.82, 2.24) is 0 Å². The molecule has 7 heteroatoms. The number of benzene rings is 3. The third kappa shape index (κ3) is 6.27. The average Bonchev–Trinajstić information content (AvgIpc) is 2.77. The lowest BCUT2D eigenvalue weighted by Crippen LogP contribution is -2.22. The highest BCUT2D eigenvalue weighted by molar-refractivity contribution is 5.96. The van der Waals surface area contributed by atoms with E-state index in [9.17, 15) is 9.59 Å². The van der Waals surface area contributed by atoms with Gasteiger partial charge in [0.2, 0.25) is 11.8 Å². The van der Waals surface area contributed by atoms with Gasteiger partial charge in [-0.3, -0.25) is 9.59 Å². The molecule has 3 aromatic rings. The van der Waals surface area contributed by atoms with Crippen LogP contribution in [0.4, 0.5) is 11.4 Å². The lowest BCUT2D eigenvalue weighted by molar-refractivity contribution is -0.114. The molecule has 0 aliphatic heterocycles. The van der Waals surface area contributed by atoms with Gasteiger partial charge in [0, 0.05) is 11.3 Å². The molecule has 3 aromatic carbocycles. The zero-order valence-corrected chi connectivity index (χ0v) is 16.3. The fourth-order valence-electron chi connectivity index (χ4n) is 2.68. The summed E-state index contributed by atoms with van der Waals surface area (Å²) in [6.45, 7) is 0.734. The minimum Gasteiger partial charge on any atom is -0.490 e. The van der Waals surface area contributed by atoms with Crippen molar-refractivity contribution in [2.45, 2.75) is 0 Å². The van der Waals surface area contributed by atoms with E-state index >= 15 is 0 Å². The van der Waals surface area contributed by atoms with Crippen LogP contribution in [0, 0.1) is 0 Å². The Morgan fingerprint density at radius 3 is 2.37 bits per heavy atom. The third-order valence-corrected chi connectivity index (χ3v) is 4.11. The van der Waals surface area contributed by atoms with Gasteiger partial charge in [-0.2, -0.15) is 0 Å². The summed E-state index contributed by atoms with van der Waals surface area (Å²) in [4.78, 5) is 23.6. The van der Waals surface area contributed by atoms with E-state index < -0.39 is 5.91 Å². The van der Waals surface area contributed by atoms with Crippen molar-refractivity contribution in [3.8, 4) is 11.5 Å². The number of primary amides is 1. The Kier molecular flexibility index (Phi) is 7.27. The van der Waals surface area contributed by atoms with Crippen molar-refractivity contribution in [3.63, 3.8) is 0 Å². The molecule has 2 amide bonds. The summed E-state index contributed by atoms with van der Waals surface area (Å²) in [7, 11) is 0. The molecule has 0 unspecified atom stereocenters. The van der Waals surface area contributed by atoms with E-state index in [-0.39, 0.29) is 12.5 Å². The molecule has 0 saturated carbocycles. The van der Waals surface area contributed by atoms with Gasteiger partial charge in [-0.05, 0) is 42.5 Å². The molecule has 0 aliphatic carbocycles. The van der Waals surface area contributed by atoms with Gasteiger partial charge in [-0.15, -0.1) is 0 Å². The van der Waals surface area contributed by atoms with Crippen LogP contribution in [0.5, 0.6) is 11.5 Å². The van der Waals surface area contributed by atoms with E-state index in [1.807, 2.05) is 42.5 Å². The monoisotopic (exact) mass is 405 g/mol. The normalized spacial score (nSPS) is 10.1. The first-order chi connectivity index (χ1) is 14.6. The number of hydrogen-bond donors (Lipinski definition) is 3. The molecule has 0 heterocycles. The van der Waals surface area contributed by atoms with Crippen LogP contribution in [0.3, 0.4) is 0 Å². The van der Waals surface area contributed by atoms with Crippen LogP contribution in [-0.4, -0.2) is 31.6 Å². The lowest BCUT2D eigenvalue weighted by Gasteiger charge is -2.13.